The largest absolute Gasteiger partial charge is 0.497 e. The first-order valence-corrected chi connectivity index (χ1v) is 12.3. The van der Waals surface area contributed by atoms with Crippen LogP contribution in [0.15, 0.2) is 72.9 Å². The molecule has 7 heteroatoms. The Hall–Kier alpha value is -3.84. The number of anilines is 1. The van der Waals surface area contributed by atoms with Crippen LogP contribution in [0.3, 0.4) is 0 Å². The van der Waals surface area contributed by atoms with Gasteiger partial charge in [0.15, 0.2) is 5.11 Å². The maximum Gasteiger partial charge on any atom is 0.174 e. The van der Waals surface area contributed by atoms with E-state index in [1.54, 1.807) is 14.2 Å². The van der Waals surface area contributed by atoms with Crippen molar-refractivity contribution < 1.29 is 9.47 Å². The van der Waals surface area contributed by atoms with E-state index >= 15 is 0 Å². The van der Waals surface area contributed by atoms with Gasteiger partial charge in [-0.25, -0.2) is 0 Å². The molecule has 1 aliphatic rings. The number of pyridine rings is 1. The van der Waals surface area contributed by atoms with E-state index in [1.807, 2.05) is 42.6 Å². The predicted molar refractivity (Wildman–Crippen MR) is 147 cm³/mol. The fraction of sp³-hybridized carbons (Fsp3) is 0.241. The molecule has 0 radical (unpaired) electrons. The van der Waals surface area contributed by atoms with Crippen LogP contribution >= 0.6 is 12.2 Å². The van der Waals surface area contributed by atoms with Crippen LogP contribution in [0.1, 0.15) is 40.3 Å². The zero-order valence-corrected chi connectivity index (χ0v) is 22.0. The zero-order chi connectivity index (χ0) is 25.4. The Morgan fingerprint density at radius 1 is 0.917 bits per heavy atom. The van der Waals surface area contributed by atoms with E-state index in [9.17, 15) is 0 Å². The standard InChI is InChI=1S/C29H30N4O2S/c1-18-9-8-10-21(15-18)32-19(2)16-23(20(32)3)28-27(24-11-6-7-14-30-24)31-29(36)33(28)25-13-12-22(34-4)17-26(25)35-5/h6-17,27-28H,1-5H3,(H,31,36)/t27-,28+/m1/s1. The number of hydrogen-bond donors (Lipinski definition) is 1. The molecule has 1 aliphatic heterocycles. The molecule has 0 spiro atoms. The molecule has 1 fully saturated rings. The Morgan fingerprint density at radius 2 is 1.75 bits per heavy atom. The summed E-state index contributed by atoms with van der Waals surface area (Å²) in [5.74, 6) is 1.42. The van der Waals surface area contributed by atoms with Crippen LogP contribution in [0, 0.1) is 20.8 Å². The Balaban J connectivity index is 1.70. The van der Waals surface area contributed by atoms with E-state index < -0.39 is 0 Å². The second kappa shape index (κ2) is 9.66. The van der Waals surface area contributed by atoms with Crippen molar-refractivity contribution in [1.29, 1.82) is 0 Å². The van der Waals surface area contributed by atoms with Gasteiger partial charge < -0.3 is 24.3 Å². The molecule has 3 heterocycles. The Kier molecular flexibility index (Phi) is 6.41. The lowest BCUT2D eigenvalue weighted by atomic mass is 9.96. The maximum atomic E-state index is 5.93. The van der Waals surface area contributed by atoms with Gasteiger partial charge in [-0.1, -0.05) is 18.2 Å². The minimum absolute atomic E-state index is 0.139. The molecule has 0 unspecified atom stereocenters. The Bertz CT molecular complexity index is 1420. The van der Waals surface area contributed by atoms with Gasteiger partial charge in [0.1, 0.15) is 11.5 Å². The summed E-state index contributed by atoms with van der Waals surface area (Å²) >= 11 is 5.93. The number of thiocarbonyl (C=S) groups is 1. The smallest absolute Gasteiger partial charge is 0.174 e. The fourth-order valence-electron chi connectivity index (χ4n) is 5.17. The number of aryl methyl sites for hydroxylation is 2. The SMILES string of the molecule is COc1ccc(N2C(=S)N[C@H](c3ccccn3)[C@@H]2c2cc(C)n(-c3cccc(C)c3)c2C)c(OC)c1. The molecular weight excluding hydrogens is 468 g/mol. The summed E-state index contributed by atoms with van der Waals surface area (Å²) in [5, 5.41) is 4.18. The van der Waals surface area contributed by atoms with Crippen LogP contribution in [0.4, 0.5) is 5.69 Å². The van der Waals surface area contributed by atoms with E-state index in [0.29, 0.717) is 10.9 Å². The molecule has 184 valence electrons. The number of nitrogens with zero attached hydrogens (tertiary/aromatic N) is 3. The van der Waals surface area contributed by atoms with Crippen molar-refractivity contribution in [3.8, 4) is 17.2 Å². The number of rotatable bonds is 6. The summed E-state index contributed by atoms with van der Waals surface area (Å²) in [5.41, 5.74) is 7.67. The minimum Gasteiger partial charge on any atom is -0.497 e. The zero-order valence-electron chi connectivity index (χ0n) is 21.1. The lowest BCUT2D eigenvalue weighted by Gasteiger charge is -2.29. The molecule has 0 bridgehead atoms. The van der Waals surface area contributed by atoms with Gasteiger partial charge in [0, 0.05) is 29.3 Å². The van der Waals surface area contributed by atoms with E-state index in [2.05, 4.69) is 65.9 Å². The summed E-state index contributed by atoms with van der Waals surface area (Å²) in [6, 6.07) is 22.4. The first-order valence-electron chi connectivity index (χ1n) is 11.9. The van der Waals surface area contributed by atoms with Crippen molar-refractivity contribution in [1.82, 2.24) is 14.9 Å². The molecule has 0 saturated carbocycles. The van der Waals surface area contributed by atoms with Gasteiger partial charge in [-0.15, -0.1) is 0 Å². The fourth-order valence-corrected chi connectivity index (χ4v) is 5.50. The average molecular weight is 499 g/mol. The first kappa shape index (κ1) is 23.9. The number of hydrogen-bond acceptors (Lipinski definition) is 4. The maximum absolute atomic E-state index is 5.93. The van der Waals surface area contributed by atoms with E-state index in [-0.39, 0.29) is 12.1 Å². The van der Waals surface area contributed by atoms with Crippen molar-refractivity contribution in [2.24, 2.45) is 0 Å². The molecular formula is C29H30N4O2S. The van der Waals surface area contributed by atoms with Crippen molar-refractivity contribution in [2.45, 2.75) is 32.9 Å². The molecule has 5 rings (SSSR count). The van der Waals surface area contributed by atoms with Gasteiger partial charge in [0.25, 0.3) is 0 Å². The quantitative estimate of drug-likeness (QED) is 0.330. The van der Waals surface area contributed by atoms with Crippen LogP contribution < -0.4 is 19.7 Å². The predicted octanol–water partition coefficient (Wildman–Crippen LogP) is 5.99. The highest BCUT2D eigenvalue weighted by atomic mass is 32.1. The molecule has 4 aromatic rings. The molecule has 36 heavy (non-hydrogen) atoms. The summed E-state index contributed by atoms with van der Waals surface area (Å²) in [7, 11) is 3.32. The van der Waals surface area contributed by atoms with Crippen molar-refractivity contribution >= 4 is 23.0 Å². The highest BCUT2D eigenvalue weighted by Crippen LogP contribution is 2.46. The van der Waals surface area contributed by atoms with E-state index in [0.717, 1.165) is 34.2 Å². The molecule has 6 nitrogen and oxygen atoms in total. The molecule has 0 amide bonds. The Morgan fingerprint density at radius 3 is 2.44 bits per heavy atom. The Labute approximate surface area is 217 Å². The van der Waals surface area contributed by atoms with Crippen LogP contribution in [-0.2, 0) is 0 Å². The number of ether oxygens (including phenoxy) is 2. The summed E-state index contributed by atoms with van der Waals surface area (Å²) in [6.45, 7) is 6.44. The first-order chi connectivity index (χ1) is 17.4. The number of aromatic nitrogens is 2. The molecule has 2 atom stereocenters. The van der Waals surface area contributed by atoms with Crippen molar-refractivity contribution in [3.63, 3.8) is 0 Å². The normalized spacial score (nSPS) is 17.2. The second-order valence-corrected chi connectivity index (χ2v) is 9.42. The third kappa shape index (κ3) is 4.09. The van der Waals surface area contributed by atoms with E-state index in [4.69, 9.17) is 26.7 Å². The van der Waals surface area contributed by atoms with Crippen LogP contribution in [0.5, 0.6) is 11.5 Å². The third-order valence-corrected chi connectivity index (χ3v) is 7.11. The molecule has 0 aliphatic carbocycles. The van der Waals surface area contributed by atoms with Gasteiger partial charge in [0.2, 0.25) is 0 Å². The summed E-state index contributed by atoms with van der Waals surface area (Å²) in [4.78, 5) is 6.84. The highest BCUT2D eigenvalue weighted by Gasteiger charge is 2.43. The molecule has 2 aromatic heterocycles. The number of methoxy groups -OCH3 is 2. The van der Waals surface area contributed by atoms with Gasteiger partial charge >= 0.3 is 0 Å². The molecule has 1 saturated heterocycles. The summed E-state index contributed by atoms with van der Waals surface area (Å²) < 4.78 is 13.5. The molecule has 2 aromatic carbocycles. The van der Waals surface area contributed by atoms with E-state index in [1.165, 1.54) is 11.1 Å². The van der Waals surface area contributed by atoms with Crippen molar-refractivity contribution in [2.75, 3.05) is 19.1 Å². The monoisotopic (exact) mass is 498 g/mol. The lowest BCUT2D eigenvalue weighted by molar-refractivity contribution is 0.394. The molecule has 1 N–H and O–H groups in total. The van der Waals surface area contributed by atoms with Crippen LogP contribution in [0.25, 0.3) is 5.69 Å². The second-order valence-electron chi connectivity index (χ2n) is 9.04. The number of benzene rings is 2. The van der Waals surface area contributed by atoms with Crippen LogP contribution in [-0.4, -0.2) is 28.9 Å². The third-order valence-electron chi connectivity index (χ3n) is 6.79. The van der Waals surface area contributed by atoms with Gasteiger partial charge in [-0.05, 0) is 86.6 Å². The van der Waals surface area contributed by atoms with Crippen molar-refractivity contribution in [3.05, 3.63) is 101 Å². The number of nitrogens with one attached hydrogen (secondary N) is 1. The minimum atomic E-state index is -0.142. The summed E-state index contributed by atoms with van der Waals surface area (Å²) in [6.07, 6.45) is 1.82. The van der Waals surface area contributed by atoms with Gasteiger partial charge in [-0.3, -0.25) is 4.98 Å². The lowest BCUT2D eigenvalue weighted by Crippen LogP contribution is -2.30. The average Bonchev–Trinajstić information content (AvgIpc) is 3.38. The van der Waals surface area contributed by atoms with Crippen LogP contribution in [0.2, 0.25) is 0 Å². The van der Waals surface area contributed by atoms with Gasteiger partial charge in [0.05, 0.1) is 37.7 Å². The van der Waals surface area contributed by atoms with Gasteiger partial charge in [-0.2, -0.15) is 0 Å². The topological polar surface area (TPSA) is 51.5 Å². The highest BCUT2D eigenvalue weighted by molar-refractivity contribution is 7.80.